The van der Waals surface area contributed by atoms with E-state index in [-0.39, 0.29) is 11.5 Å². The summed E-state index contributed by atoms with van der Waals surface area (Å²) in [5.41, 5.74) is 0.417. The Hall–Kier alpha value is -0.960. The van der Waals surface area contributed by atoms with Gasteiger partial charge in [-0.3, -0.25) is 4.79 Å². The van der Waals surface area contributed by atoms with Crippen LogP contribution >= 0.6 is 11.8 Å². The highest BCUT2D eigenvalue weighted by atomic mass is 32.2. The van der Waals surface area contributed by atoms with Crippen molar-refractivity contribution in [1.29, 1.82) is 0 Å². The lowest BCUT2D eigenvalue weighted by Gasteiger charge is -2.03. The predicted molar refractivity (Wildman–Crippen MR) is 54.5 cm³/mol. The molecule has 0 aliphatic heterocycles. The summed E-state index contributed by atoms with van der Waals surface area (Å²) in [5.74, 6) is 0.0591. The number of thioether (sulfide) groups is 1. The Bertz CT molecular complexity index is 321. The van der Waals surface area contributed by atoms with E-state index in [0.29, 0.717) is 12.0 Å². The van der Waals surface area contributed by atoms with Gasteiger partial charge in [-0.25, -0.2) is 0 Å². The molecule has 0 atom stereocenters. The van der Waals surface area contributed by atoms with Crippen LogP contribution in [0.4, 0.5) is 0 Å². The molecule has 0 aliphatic carbocycles. The van der Waals surface area contributed by atoms with Crippen molar-refractivity contribution in [2.45, 2.75) is 18.2 Å². The maximum Gasteiger partial charge on any atom is 0.166 e. The third-order valence-corrected chi connectivity index (χ3v) is 2.55. The van der Waals surface area contributed by atoms with Crippen molar-refractivity contribution in [3.05, 3.63) is 23.8 Å². The van der Waals surface area contributed by atoms with Gasteiger partial charge in [0.2, 0.25) is 0 Å². The Balaban J connectivity index is 3.05. The summed E-state index contributed by atoms with van der Waals surface area (Å²) >= 11 is 1.54. The number of aromatic hydroxyl groups is 1. The summed E-state index contributed by atoms with van der Waals surface area (Å²) in [6, 6.07) is 5.13. The zero-order valence-corrected chi connectivity index (χ0v) is 8.52. The monoisotopic (exact) mass is 196 g/mol. The number of ketones is 1. The van der Waals surface area contributed by atoms with Crippen LogP contribution in [-0.4, -0.2) is 17.1 Å². The number of carbonyl (C=O) groups excluding carboxylic acids is 1. The van der Waals surface area contributed by atoms with Gasteiger partial charge in [0, 0.05) is 11.3 Å². The average molecular weight is 196 g/mol. The number of benzene rings is 1. The number of Topliss-reactive ketones (excluding diaryl/α,β-unsaturated/α-hetero) is 1. The van der Waals surface area contributed by atoms with E-state index < -0.39 is 0 Å². The summed E-state index contributed by atoms with van der Waals surface area (Å²) in [6.07, 6.45) is 2.35. The Morgan fingerprint density at radius 1 is 1.54 bits per heavy atom. The van der Waals surface area contributed by atoms with Gasteiger partial charge in [0.1, 0.15) is 5.75 Å². The molecule has 13 heavy (non-hydrogen) atoms. The van der Waals surface area contributed by atoms with Gasteiger partial charge in [-0.1, -0.05) is 6.92 Å². The summed E-state index contributed by atoms with van der Waals surface area (Å²) in [4.78, 5) is 12.2. The minimum Gasteiger partial charge on any atom is -0.507 e. The molecule has 0 radical (unpaired) electrons. The fourth-order valence-corrected chi connectivity index (χ4v) is 1.50. The fourth-order valence-electron chi connectivity index (χ4n) is 1.06. The third kappa shape index (κ3) is 2.25. The molecule has 0 fully saturated rings. The first-order valence-electron chi connectivity index (χ1n) is 4.09. The van der Waals surface area contributed by atoms with Gasteiger partial charge in [-0.15, -0.1) is 11.8 Å². The summed E-state index contributed by atoms with van der Waals surface area (Å²) in [5, 5.41) is 9.49. The molecule has 0 aromatic heterocycles. The zero-order chi connectivity index (χ0) is 9.84. The van der Waals surface area contributed by atoms with Crippen LogP contribution in [0.15, 0.2) is 23.1 Å². The standard InChI is InChI=1S/C10H12O2S/c1-3-9(11)8-5-4-7(13-2)6-10(8)12/h4-6,12H,3H2,1-2H3. The molecular formula is C10H12O2S. The van der Waals surface area contributed by atoms with Crippen LogP contribution in [-0.2, 0) is 0 Å². The summed E-state index contributed by atoms with van der Waals surface area (Å²) in [6.45, 7) is 1.78. The van der Waals surface area contributed by atoms with Gasteiger partial charge >= 0.3 is 0 Å². The zero-order valence-electron chi connectivity index (χ0n) is 7.70. The number of hydrogen-bond donors (Lipinski definition) is 1. The molecule has 0 amide bonds. The largest absolute Gasteiger partial charge is 0.507 e. The van der Waals surface area contributed by atoms with Gasteiger partial charge in [0.15, 0.2) is 5.78 Å². The van der Waals surface area contributed by atoms with Crippen LogP contribution in [0.3, 0.4) is 0 Å². The van der Waals surface area contributed by atoms with E-state index in [2.05, 4.69) is 0 Å². The maximum atomic E-state index is 11.3. The van der Waals surface area contributed by atoms with Gasteiger partial charge in [-0.05, 0) is 24.5 Å². The highest BCUT2D eigenvalue weighted by Gasteiger charge is 2.08. The molecular weight excluding hydrogens is 184 g/mol. The van der Waals surface area contributed by atoms with Crippen LogP contribution in [0.25, 0.3) is 0 Å². The van der Waals surface area contributed by atoms with Crippen molar-refractivity contribution < 1.29 is 9.90 Å². The smallest absolute Gasteiger partial charge is 0.166 e. The number of hydrogen-bond acceptors (Lipinski definition) is 3. The van der Waals surface area contributed by atoms with Crippen molar-refractivity contribution in [1.82, 2.24) is 0 Å². The number of carbonyl (C=O) groups is 1. The first kappa shape index (κ1) is 10.1. The molecule has 1 N–H and O–H groups in total. The van der Waals surface area contributed by atoms with Crippen LogP contribution < -0.4 is 0 Å². The Kier molecular flexibility index (Phi) is 3.37. The van der Waals surface area contributed by atoms with Crippen molar-refractivity contribution >= 4 is 17.5 Å². The molecule has 70 valence electrons. The van der Waals surface area contributed by atoms with E-state index in [1.165, 1.54) is 11.8 Å². The molecule has 2 nitrogen and oxygen atoms in total. The van der Waals surface area contributed by atoms with Crippen molar-refractivity contribution in [3.63, 3.8) is 0 Å². The van der Waals surface area contributed by atoms with Crippen molar-refractivity contribution in [2.75, 3.05) is 6.26 Å². The molecule has 0 spiro atoms. The average Bonchev–Trinajstić information content (AvgIpc) is 2.16. The predicted octanol–water partition coefficient (Wildman–Crippen LogP) is 2.71. The number of phenols is 1. The van der Waals surface area contributed by atoms with Crippen molar-refractivity contribution in [3.8, 4) is 5.75 Å². The second-order valence-corrected chi connectivity index (χ2v) is 3.54. The second-order valence-electron chi connectivity index (χ2n) is 2.66. The lowest BCUT2D eigenvalue weighted by Crippen LogP contribution is -1.96. The normalized spacial score (nSPS) is 10.0. The van der Waals surface area contributed by atoms with Gasteiger partial charge in [-0.2, -0.15) is 0 Å². The lowest BCUT2D eigenvalue weighted by atomic mass is 10.1. The molecule has 0 aliphatic rings. The molecule has 0 saturated heterocycles. The van der Waals surface area contributed by atoms with Gasteiger partial charge < -0.3 is 5.11 Å². The quantitative estimate of drug-likeness (QED) is 0.596. The summed E-state index contributed by atoms with van der Waals surface area (Å²) < 4.78 is 0. The molecule has 1 aromatic rings. The minimum atomic E-state index is -0.0230. The molecule has 3 heteroatoms. The van der Waals surface area contributed by atoms with Crippen LogP contribution in [0.1, 0.15) is 23.7 Å². The first-order valence-corrected chi connectivity index (χ1v) is 5.31. The third-order valence-electron chi connectivity index (χ3n) is 1.83. The second kappa shape index (κ2) is 4.33. The molecule has 0 heterocycles. The highest BCUT2D eigenvalue weighted by Crippen LogP contribution is 2.24. The first-order chi connectivity index (χ1) is 6.19. The van der Waals surface area contributed by atoms with Gasteiger partial charge in [0.25, 0.3) is 0 Å². The molecule has 0 bridgehead atoms. The number of rotatable bonds is 3. The van der Waals surface area contributed by atoms with Crippen molar-refractivity contribution in [2.24, 2.45) is 0 Å². The Labute approximate surface area is 82.0 Å². The summed E-state index contributed by atoms with van der Waals surface area (Å²) in [7, 11) is 0. The fraction of sp³-hybridized carbons (Fsp3) is 0.300. The Morgan fingerprint density at radius 2 is 2.23 bits per heavy atom. The van der Waals surface area contributed by atoms with Crippen LogP contribution in [0.5, 0.6) is 5.75 Å². The number of phenolic OH excluding ortho intramolecular Hbond substituents is 1. The minimum absolute atomic E-state index is 0.0230. The lowest BCUT2D eigenvalue weighted by molar-refractivity contribution is 0.0985. The maximum absolute atomic E-state index is 11.3. The molecule has 0 unspecified atom stereocenters. The topological polar surface area (TPSA) is 37.3 Å². The van der Waals surface area contributed by atoms with Crippen LogP contribution in [0.2, 0.25) is 0 Å². The molecule has 1 aromatic carbocycles. The van der Waals surface area contributed by atoms with E-state index in [9.17, 15) is 9.90 Å². The van der Waals surface area contributed by atoms with Crippen LogP contribution in [0, 0.1) is 0 Å². The SMILES string of the molecule is CCC(=O)c1ccc(SC)cc1O. The van der Waals surface area contributed by atoms with Gasteiger partial charge in [0.05, 0.1) is 5.56 Å². The van der Waals surface area contributed by atoms with E-state index in [1.807, 2.05) is 12.3 Å². The van der Waals surface area contributed by atoms with E-state index in [1.54, 1.807) is 19.1 Å². The van der Waals surface area contributed by atoms with E-state index >= 15 is 0 Å². The molecule has 1 rings (SSSR count). The molecule has 0 saturated carbocycles. The van der Waals surface area contributed by atoms with E-state index in [0.717, 1.165) is 4.90 Å². The Morgan fingerprint density at radius 3 is 2.69 bits per heavy atom. The van der Waals surface area contributed by atoms with E-state index in [4.69, 9.17) is 0 Å². The highest BCUT2D eigenvalue weighted by molar-refractivity contribution is 7.98.